The molecule has 33 heavy (non-hydrogen) atoms. The molecular weight excluding hydrogens is 517 g/mol. The molecule has 0 radical (unpaired) electrons. The van der Waals surface area contributed by atoms with Gasteiger partial charge in [0.25, 0.3) is 5.91 Å². The van der Waals surface area contributed by atoms with Gasteiger partial charge in [-0.1, -0.05) is 35.7 Å². The third-order valence-corrected chi connectivity index (χ3v) is 8.23. The van der Waals surface area contributed by atoms with Crippen LogP contribution < -0.4 is 44.5 Å². The summed E-state index contributed by atoms with van der Waals surface area (Å²) in [5, 5.41) is 3.36. The molecule has 0 atom stereocenters. The number of ether oxygens (including phenoxy) is 1. The summed E-state index contributed by atoms with van der Waals surface area (Å²) in [5.41, 5.74) is 0.845. The monoisotopic (exact) mass is 539 g/mol. The van der Waals surface area contributed by atoms with Gasteiger partial charge in [0.05, 0.1) is 22.9 Å². The summed E-state index contributed by atoms with van der Waals surface area (Å²) in [6.45, 7) is 2.40. The Labute approximate surface area is 229 Å². The number of hydrogen-bond donors (Lipinski definition) is 1. The molecule has 0 aliphatic carbocycles. The first-order chi connectivity index (χ1) is 15.1. The van der Waals surface area contributed by atoms with Gasteiger partial charge in [0.15, 0.2) is 0 Å². The fraction of sp³-hybridized carbons (Fsp3) is 0.421. The maximum Gasteiger partial charge on any atom is 1.00 e. The van der Waals surface area contributed by atoms with E-state index in [-0.39, 0.29) is 54.3 Å². The summed E-state index contributed by atoms with van der Waals surface area (Å²) in [5.74, 6) is -0.198. The Balaban J connectivity index is 0.00000385. The number of amides is 2. The molecule has 1 fully saturated rings. The first-order valence-electron chi connectivity index (χ1n) is 9.70. The Morgan fingerprint density at radius 1 is 1.21 bits per heavy atom. The smallest absolute Gasteiger partial charge is 0.748 e. The van der Waals surface area contributed by atoms with E-state index in [9.17, 15) is 22.6 Å². The molecule has 1 N–H and O–H groups in total. The molecule has 1 aromatic carbocycles. The number of carbonyl (C=O) groups is 2. The number of nitrogens with zero attached hydrogens (tertiary/aromatic N) is 2. The quantitative estimate of drug-likeness (QED) is 0.139. The van der Waals surface area contributed by atoms with Gasteiger partial charge in [-0.15, -0.1) is 0 Å². The maximum absolute atomic E-state index is 13.1. The van der Waals surface area contributed by atoms with E-state index in [0.717, 1.165) is 10.6 Å². The third-order valence-electron chi connectivity index (χ3n) is 4.69. The summed E-state index contributed by atoms with van der Waals surface area (Å²) in [7, 11) is -2.71. The average Bonchev–Trinajstić information content (AvgIpc) is 3.21. The topological polar surface area (TPSA) is 119 Å². The minimum Gasteiger partial charge on any atom is -0.748 e. The van der Waals surface area contributed by atoms with Crippen LogP contribution in [0.15, 0.2) is 33.0 Å². The Bertz CT molecular complexity index is 1080. The SMILES string of the molecule is COc1ccc2c(c1)N(CCCCS(=O)(=O)[O-])/C(=C1/SC(=S)N(CCNC(C)=O)C1=O)S2.[Na+]. The fourth-order valence-electron chi connectivity index (χ4n) is 3.19. The van der Waals surface area contributed by atoms with Crippen LogP contribution in [0.25, 0.3) is 0 Å². The number of rotatable bonds is 9. The summed E-state index contributed by atoms with van der Waals surface area (Å²) >= 11 is 8.03. The van der Waals surface area contributed by atoms with Crippen LogP contribution in [0.5, 0.6) is 5.75 Å². The molecule has 2 amide bonds. The molecule has 1 aromatic rings. The molecule has 2 aliphatic heterocycles. The molecule has 0 bridgehead atoms. The summed E-state index contributed by atoms with van der Waals surface area (Å²) < 4.78 is 38.5. The van der Waals surface area contributed by atoms with Crippen molar-refractivity contribution in [3.63, 3.8) is 0 Å². The largest absolute Gasteiger partial charge is 1.00 e. The minimum atomic E-state index is -4.28. The van der Waals surface area contributed by atoms with Crippen molar-refractivity contribution in [2.24, 2.45) is 0 Å². The molecule has 2 heterocycles. The Hall–Kier alpha value is -0.800. The van der Waals surface area contributed by atoms with E-state index >= 15 is 0 Å². The van der Waals surface area contributed by atoms with Crippen molar-refractivity contribution in [1.82, 2.24) is 10.2 Å². The summed E-state index contributed by atoms with van der Waals surface area (Å²) in [6.07, 6.45) is 0.669. The number of benzene rings is 1. The molecular formula is C19H22N3NaO6S4. The van der Waals surface area contributed by atoms with Crippen LogP contribution in [0, 0.1) is 0 Å². The number of anilines is 1. The normalized spacial score (nSPS) is 17.8. The number of fused-ring (bicyclic) bond motifs is 1. The molecule has 2 aliphatic rings. The molecule has 1 saturated heterocycles. The van der Waals surface area contributed by atoms with E-state index in [4.69, 9.17) is 17.0 Å². The van der Waals surface area contributed by atoms with Crippen LogP contribution in [0.2, 0.25) is 0 Å². The molecule has 14 heteroatoms. The molecule has 3 rings (SSSR count). The summed E-state index contributed by atoms with van der Waals surface area (Å²) in [6, 6.07) is 5.59. The van der Waals surface area contributed by atoms with Crippen LogP contribution in [0.3, 0.4) is 0 Å². The van der Waals surface area contributed by atoms with E-state index in [1.165, 1.54) is 35.3 Å². The van der Waals surface area contributed by atoms with Crippen LogP contribution in [-0.4, -0.2) is 66.5 Å². The number of nitrogens with one attached hydrogen (secondary N) is 1. The summed E-state index contributed by atoms with van der Waals surface area (Å²) in [4.78, 5) is 29.1. The van der Waals surface area contributed by atoms with Gasteiger partial charge in [0, 0.05) is 43.3 Å². The molecule has 0 spiro atoms. The van der Waals surface area contributed by atoms with Gasteiger partial charge in [-0.2, -0.15) is 0 Å². The number of carbonyl (C=O) groups excluding carboxylic acids is 2. The van der Waals surface area contributed by atoms with Gasteiger partial charge in [0.2, 0.25) is 5.91 Å². The van der Waals surface area contributed by atoms with Gasteiger partial charge >= 0.3 is 29.6 Å². The van der Waals surface area contributed by atoms with E-state index in [1.807, 2.05) is 23.1 Å². The predicted octanol–water partition coefficient (Wildman–Crippen LogP) is -0.898. The Morgan fingerprint density at radius 3 is 2.58 bits per heavy atom. The van der Waals surface area contributed by atoms with Crippen LogP contribution >= 0.6 is 35.7 Å². The molecule has 0 aromatic heterocycles. The fourth-order valence-corrected chi connectivity index (χ4v) is 6.38. The first kappa shape index (κ1) is 28.4. The van der Waals surface area contributed by atoms with Crippen LogP contribution in [0.4, 0.5) is 5.69 Å². The standard InChI is InChI=1S/C19H23N3O6S4.Na/c1-12(23)20-7-9-22-17(24)16(31-19(22)29)18-21(8-3-4-10-32(25,26)27)14-11-13(28-2)5-6-15(14)30-18;/h5-6,11H,3-4,7-10H2,1-2H3,(H,20,23)(H,25,26,27);/q;+1/p-1/b18-16-;. The zero-order valence-corrected chi connectivity index (χ0v) is 23.7. The van der Waals surface area contributed by atoms with Crippen molar-refractivity contribution >= 4 is 67.7 Å². The number of hydrogen-bond acceptors (Lipinski definition) is 10. The zero-order chi connectivity index (χ0) is 23.5. The van der Waals surface area contributed by atoms with Gasteiger partial charge in [-0.05, 0) is 25.0 Å². The van der Waals surface area contributed by atoms with Crippen LogP contribution in [-0.2, 0) is 19.7 Å². The maximum atomic E-state index is 13.1. The van der Waals surface area contributed by atoms with Crippen molar-refractivity contribution in [3.05, 3.63) is 28.1 Å². The molecule has 0 unspecified atom stereocenters. The van der Waals surface area contributed by atoms with Crippen LogP contribution in [0.1, 0.15) is 19.8 Å². The second-order valence-electron chi connectivity index (χ2n) is 7.00. The van der Waals surface area contributed by atoms with Crippen molar-refractivity contribution in [3.8, 4) is 5.75 Å². The van der Waals surface area contributed by atoms with Gasteiger partial charge in [0.1, 0.15) is 20.0 Å². The van der Waals surface area contributed by atoms with Gasteiger partial charge < -0.3 is 19.5 Å². The van der Waals surface area contributed by atoms with Crippen molar-refractivity contribution in [1.29, 1.82) is 0 Å². The number of methoxy groups -OCH3 is 1. The van der Waals surface area contributed by atoms with Gasteiger partial charge in [-0.3, -0.25) is 14.5 Å². The third kappa shape index (κ3) is 7.34. The zero-order valence-electron chi connectivity index (χ0n) is 18.5. The van der Waals surface area contributed by atoms with E-state index in [1.54, 1.807) is 7.11 Å². The Kier molecular flexibility index (Phi) is 10.6. The second-order valence-corrected chi connectivity index (χ2v) is 11.2. The first-order valence-corrected chi connectivity index (χ1v) is 13.3. The van der Waals surface area contributed by atoms with Crippen molar-refractivity contribution < 1.29 is 56.9 Å². The molecule has 9 nitrogen and oxygen atoms in total. The number of unbranched alkanes of at least 4 members (excludes halogenated alkanes) is 1. The molecule has 0 saturated carbocycles. The van der Waals surface area contributed by atoms with E-state index < -0.39 is 15.9 Å². The average molecular weight is 540 g/mol. The van der Waals surface area contributed by atoms with E-state index in [2.05, 4.69) is 5.32 Å². The Morgan fingerprint density at radius 2 is 1.94 bits per heavy atom. The predicted molar refractivity (Wildman–Crippen MR) is 128 cm³/mol. The number of thioether (sulfide) groups is 2. The molecule has 174 valence electrons. The number of thiocarbonyl (C=S) groups is 1. The van der Waals surface area contributed by atoms with E-state index in [0.29, 0.717) is 39.5 Å². The van der Waals surface area contributed by atoms with Crippen molar-refractivity contribution in [2.75, 3.05) is 37.4 Å². The second kappa shape index (κ2) is 12.2. The minimum absolute atomic E-state index is 0. The van der Waals surface area contributed by atoms with Gasteiger partial charge in [-0.25, -0.2) is 8.42 Å². The van der Waals surface area contributed by atoms with Crippen molar-refractivity contribution in [2.45, 2.75) is 24.7 Å².